The van der Waals surface area contributed by atoms with E-state index in [0.717, 1.165) is 0 Å². The Labute approximate surface area is 59.8 Å². The summed E-state index contributed by atoms with van der Waals surface area (Å²) in [4.78, 5) is 0. The van der Waals surface area contributed by atoms with E-state index < -0.39 is 22.5 Å². The fraction of sp³-hybridized carbons (Fsp3) is 1.00. The van der Waals surface area contributed by atoms with Crippen LogP contribution in [0.2, 0.25) is 0 Å². The maximum atomic E-state index is 9.63. The number of aliphatic hydroxyl groups excluding tert-OH is 1. The standard InChI is InChI=1S/C2H6O4S.Li.H/c3-1-2-7(4,5)6;;/h3H,1-2H2,(H,4,5,6);;. The van der Waals surface area contributed by atoms with E-state index in [1.165, 1.54) is 0 Å². The second-order valence-electron chi connectivity index (χ2n) is 1.01. The number of hydrogen-bond acceptors (Lipinski definition) is 3. The van der Waals surface area contributed by atoms with Gasteiger partial charge in [0.15, 0.2) is 0 Å². The van der Waals surface area contributed by atoms with E-state index in [4.69, 9.17) is 9.66 Å². The molecule has 0 aromatic carbocycles. The van der Waals surface area contributed by atoms with Crippen molar-refractivity contribution in [1.29, 1.82) is 0 Å². The summed E-state index contributed by atoms with van der Waals surface area (Å²) in [5.74, 6) is -0.576. The van der Waals surface area contributed by atoms with Gasteiger partial charge in [-0.05, 0) is 0 Å². The van der Waals surface area contributed by atoms with E-state index in [1.807, 2.05) is 0 Å². The van der Waals surface area contributed by atoms with Crippen LogP contribution in [-0.4, -0.2) is 49.3 Å². The molecule has 0 aliphatic carbocycles. The summed E-state index contributed by atoms with van der Waals surface area (Å²) < 4.78 is 27.1. The molecule has 0 amide bonds. The fourth-order valence-corrected chi connectivity index (χ4v) is 0.346. The molecule has 0 aromatic heterocycles. The molecule has 8 heavy (non-hydrogen) atoms. The van der Waals surface area contributed by atoms with E-state index in [0.29, 0.717) is 0 Å². The van der Waals surface area contributed by atoms with Crippen LogP contribution in [0.25, 0.3) is 0 Å². The molecule has 6 heteroatoms. The quantitative estimate of drug-likeness (QED) is 0.346. The minimum atomic E-state index is -3.92. The molecule has 0 aliphatic heterocycles. The minimum absolute atomic E-state index is 0. The zero-order chi connectivity index (χ0) is 5.91. The van der Waals surface area contributed by atoms with Crippen molar-refractivity contribution in [3.8, 4) is 0 Å². The molecule has 0 unspecified atom stereocenters. The molecule has 0 aromatic rings. The van der Waals surface area contributed by atoms with E-state index in [1.54, 1.807) is 0 Å². The third-order valence-corrected chi connectivity index (χ3v) is 1.05. The van der Waals surface area contributed by atoms with Crippen LogP contribution >= 0.6 is 0 Å². The molecule has 0 bridgehead atoms. The Morgan fingerprint density at radius 2 is 1.75 bits per heavy atom. The van der Waals surface area contributed by atoms with E-state index >= 15 is 0 Å². The molecule has 0 spiro atoms. The topological polar surface area (TPSA) is 74.6 Å². The van der Waals surface area contributed by atoms with Crippen molar-refractivity contribution in [1.82, 2.24) is 0 Å². The van der Waals surface area contributed by atoms with Gasteiger partial charge in [0.1, 0.15) is 0 Å². The molecule has 2 N–H and O–H groups in total. The molecule has 0 rings (SSSR count). The van der Waals surface area contributed by atoms with Crippen LogP contribution in [0.15, 0.2) is 0 Å². The van der Waals surface area contributed by atoms with Crippen molar-refractivity contribution < 1.29 is 18.1 Å². The molecule has 0 saturated heterocycles. The van der Waals surface area contributed by atoms with Gasteiger partial charge in [-0.15, -0.1) is 0 Å². The van der Waals surface area contributed by atoms with Crippen LogP contribution < -0.4 is 0 Å². The number of aliphatic hydroxyl groups is 1. The van der Waals surface area contributed by atoms with Gasteiger partial charge in [0, 0.05) is 0 Å². The zero-order valence-corrected chi connectivity index (χ0v) is 4.35. The van der Waals surface area contributed by atoms with Crippen LogP contribution in [0.1, 0.15) is 0 Å². The number of rotatable bonds is 2. The van der Waals surface area contributed by atoms with Crippen LogP contribution in [-0.2, 0) is 10.1 Å². The average molecular weight is 134 g/mol. The first-order valence-corrected chi connectivity index (χ1v) is 3.23. The van der Waals surface area contributed by atoms with E-state index in [2.05, 4.69) is 0 Å². The Bertz CT molecular complexity index is 127. The molecular weight excluding hydrogens is 127 g/mol. The van der Waals surface area contributed by atoms with Crippen molar-refractivity contribution in [3.05, 3.63) is 0 Å². The molecule has 0 aliphatic rings. The van der Waals surface area contributed by atoms with E-state index in [-0.39, 0.29) is 18.9 Å². The third kappa shape index (κ3) is 9.69. The SMILES string of the molecule is O=S(=O)(O)CCO.[LiH]. The summed E-state index contributed by atoms with van der Waals surface area (Å²) in [6.07, 6.45) is 0. The molecular formula is C2H7LiO4S. The summed E-state index contributed by atoms with van der Waals surface area (Å²) in [6.45, 7) is -0.529. The van der Waals surface area contributed by atoms with Crippen molar-refractivity contribution in [2.45, 2.75) is 0 Å². The van der Waals surface area contributed by atoms with Crippen LogP contribution in [0.3, 0.4) is 0 Å². The van der Waals surface area contributed by atoms with Gasteiger partial charge in [-0.3, -0.25) is 4.55 Å². The predicted octanol–water partition coefficient (Wildman–Crippen LogP) is -1.78. The summed E-state index contributed by atoms with van der Waals surface area (Å²) >= 11 is 0. The summed E-state index contributed by atoms with van der Waals surface area (Å²) in [5.41, 5.74) is 0. The normalized spacial score (nSPS) is 10.2. The Morgan fingerprint density at radius 1 is 1.38 bits per heavy atom. The molecule has 0 saturated carbocycles. The van der Waals surface area contributed by atoms with E-state index in [9.17, 15) is 8.42 Å². The predicted molar refractivity (Wildman–Crippen MR) is 30.7 cm³/mol. The fourth-order valence-electron chi connectivity index (χ4n) is 0.115. The van der Waals surface area contributed by atoms with Crippen LogP contribution in [0.4, 0.5) is 0 Å². The second-order valence-corrected chi connectivity index (χ2v) is 2.58. The van der Waals surface area contributed by atoms with Gasteiger partial charge in [0.25, 0.3) is 10.1 Å². The molecule has 0 heterocycles. The zero-order valence-electron chi connectivity index (χ0n) is 3.53. The van der Waals surface area contributed by atoms with Gasteiger partial charge in [-0.25, -0.2) is 0 Å². The summed E-state index contributed by atoms with van der Waals surface area (Å²) in [5, 5.41) is 7.86. The van der Waals surface area contributed by atoms with Gasteiger partial charge >= 0.3 is 18.9 Å². The first-order valence-electron chi connectivity index (χ1n) is 1.62. The first-order chi connectivity index (χ1) is 3.06. The van der Waals surface area contributed by atoms with Crippen LogP contribution in [0, 0.1) is 0 Å². The van der Waals surface area contributed by atoms with Gasteiger partial charge in [-0.1, -0.05) is 0 Å². The van der Waals surface area contributed by atoms with Crippen molar-refractivity contribution >= 4 is 29.0 Å². The first kappa shape index (κ1) is 11.3. The Kier molecular flexibility index (Phi) is 6.15. The average Bonchev–Trinajstić information content (AvgIpc) is 1.30. The van der Waals surface area contributed by atoms with Gasteiger partial charge in [-0.2, -0.15) is 8.42 Å². The third-order valence-electron chi connectivity index (χ3n) is 0.349. The molecule has 0 atom stereocenters. The summed E-state index contributed by atoms with van der Waals surface area (Å²) in [7, 11) is -3.92. The molecule has 0 fully saturated rings. The summed E-state index contributed by atoms with van der Waals surface area (Å²) in [6, 6.07) is 0. The Balaban J connectivity index is 0. The van der Waals surface area contributed by atoms with Crippen LogP contribution in [0.5, 0.6) is 0 Å². The molecule has 46 valence electrons. The van der Waals surface area contributed by atoms with Crippen molar-refractivity contribution in [3.63, 3.8) is 0 Å². The molecule has 4 nitrogen and oxygen atoms in total. The maximum absolute atomic E-state index is 9.63. The monoisotopic (exact) mass is 134 g/mol. The Morgan fingerprint density at radius 3 is 1.75 bits per heavy atom. The molecule has 0 radical (unpaired) electrons. The number of hydrogen-bond donors (Lipinski definition) is 2. The van der Waals surface area contributed by atoms with Crippen molar-refractivity contribution in [2.75, 3.05) is 12.4 Å². The van der Waals surface area contributed by atoms with Crippen molar-refractivity contribution in [2.24, 2.45) is 0 Å². The van der Waals surface area contributed by atoms with Gasteiger partial charge < -0.3 is 5.11 Å². The van der Waals surface area contributed by atoms with Gasteiger partial charge in [0.2, 0.25) is 0 Å². The second kappa shape index (κ2) is 4.36. The Hall–Kier alpha value is 0.467. The van der Waals surface area contributed by atoms with Gasteiger partial charge in [0.05, 0.1) is 12.4 Å².